The van der Waals surface area contributed by atoms with Gasteiger partial charge in [-0.25, -0.2) is 0 Å². The van der Waals surface area contributed by atoms with Crippen LogP contribution in [0.3, 0.4) is 0 Å². The molecule has 96 valence electrons. The second-order valence-corrected chi connectivity index (χ2v) is 5.74. The molecular weight excluding hydrogens is 232 g/mol. The van der Waals surface area contributed by atoms with Crippen LogP contribution >= 0.6 is 11.3 Å². The minimum absolute atomic E-state index is 0.880. The molecule has 1 aromatic rings. The van der Waals surface area contributed by atoms with Crippen molar-refractivity contribution in [3.05, 3.63) is 5.01 Å². The molecule has 0 aliphatic carbocycles. The SMILES string of the molecule is CCNc1nnc(CN2CCCC(CC)C2)s1. The van der Waals surface area contributed by atoms with E-state index < -0.39 is 0 Å². The Morgan fingerprint density at radius 3 is 3.06 bits per heavy atom. The number of aromatic nitrogens is 2. The number of rotatable bonds is 5. The molecule has 2 heterocycles. The molecule has 5 heteroatoms. The molecule has 1 atom stereocenters. The lowest BCUT2D eigenvalue weighted by molar-refractivity contribution is 0.164. The zero-order valence-electron chi connectivity index (χ0n) is 10.8. The summed E-state index contributed by atoms with van der Waals surface area (Å²) in [5, 5.41) is 13.7. The Morgan fingerprint density at radius 1 is 1.41 bits per heavy atom. The van der Waals surface area contributed by atoms with E-state index in [9.17, 15) is 0 Å². The third-order valence-electron chi connectivity index (χ3n) is 3.33. The monoisotopic (exact) mass is 254 g/mol. The molecule has 1 fully saturated rings. The van der Waals surface area contributed by atoms with Crippen LogP contribution in [0.25, 0.3) is 0 Å². The molecule has 0 bridgehead atoms. The standard InChI is InChI=1S/C12H22N4S/c1-3-10-6-5-7-16(8-10)9-11-14-15-12(17-11)13-4-2/h10H,3-9H2,1-2H3,(H,13,15). The van der Waals surface area contributed by atoms with E-state index in [1.807, 2.05) is 0 Å². The van der Waals surface area contributed by atoms with Crippen molar-refractivity contribution in [1.82, 2.24) is 15.1 Å². The van der Waals surface area contributed by atoms with E-state index in [0.717, 1.165) is 29.1 Å². The van der Waals surface area contributed by atoms with Crippen LogP contribution in [0.15, 0.2) is 0 Å². The van der Waals surface area contributed by atoms with E-state index >= 15 is 0 Å². The van der Waals surface area contributed by atoms with Gasteiger partial charge < -0.3 is 5.32 Å². The number of piperidine rings is 1. The Bertz CT molecular complexity index is 339. The lowest BCUT2D eigenvalue weighted by atomic mass is 9.96. The van der Waals surface area contributed by atoms with Crippen molar-refractivity contribution < 1.29 is 0 Å². The molecule has 17 heavy (non-hydrogen) atoms. The molecule has 4 nitrogen and oxygen atoms in total. The predicted octanol–water partition coefficient (Wildman–Crippen LogP) is 2.59. The smallest absolute Gasteiger partial charge is 0.205 e. The number of nitrogens with zero attached hydrogens (tertiary/aromatic N) is 3. The molecule has 1 saturated heterocycles. The van der Waals surface area contributed by atoms with Crippen molar-refractivity contribution in [3.8, 4) is 0 Å². The summed E-state index contributed by atoms with van der Waals surface area (Å²) in [6.45, 7) is 8.70. The first kappa shape index (κ1) is 12.8. The van der Waals surface area contributed by atoms with Gasteiger partial charge in [0.1, 0.15) is 5.01 Å². The summed E-state index contributed by atoms with van der Waals surface area (Å²) >= 11 is 1.68. The molecule has 1 aliphatic rings. The summed E-state index contributed by atoms with van der Waals surface area (Å²) in [5.74, 6) is 0.880. The summed E-state index contributed by atoms with van der Waals surface area (Å²) in [6.07, 6.45) is 4.03. The first-order valence-electron chi connectivity index (χ1n) is 6.60. The van der Waals surface area contributed by atoms with Gasteiger partial charge in [0.05, 0.1) is 6.54 Å². The van der Waals surface area contributed by atoms with Gasteiger partial charge >= 0.3 is 0 Å². The number of hydrogen-bond donors (Lipinski definition) is 1. The summed E-state index contributed by atoms with van der Waals surface area (Å²) < 4.78 is 0. The van der Waals surface area contributed by atoms with Crippen LogP contribution in [0.1, 0.15) is 38.1 Å². The molecule has 2 rings (SSSR count). The fraction of sp³-hybridized carbons (Fsp3) is 0.833. The Labute approximate surface area is 107 Å². The summed E-state index contributed by atoms with van der Waals surface area (Å²) in [5.41, 5.74) is 0. The maximum absolute atomic E-state index is 4.24. The third-order valence-corrected chi connectivity index (χ3v) is 4.20. The first-order chi connectivity index (χ1) is 8.31. The van der Waals surface area contributed by atoms with Gasteiger partial charge in [0.2, 0.25) is 5.13 Å². The van der Waals surface area contributed by atoms with Crippen molar-refractivity contribution >= 4 is 16.5 Å². The van der Waals surface area contributed by atoms with Crippen molar-refractivity contribution in [3.63, 3.8) is 0 Å². The Kier molecular flexibility index (Phi) is 4.74. The highest BCUT2D eigenvalue weighted by molar-refractivity contribution is 7.15. The van der Waals surface area contributed by atoms with Gasteiger partial charge in [0.15, 0.2) is 0 Å². The predicted molar refractivity (Wildman–Crippen MR) is 72.4 cm³/mol. The molecule has 0 aromatic carbocycles. The Morgan fingerprint density at radius 2 is 2.29 bits per heavy atom. The largest absolute Gasteiger partial charge is 0.360 e. The van der Waals surface area contributed by atoms with Gasteiger partial charge in [0.25, 0.3) is 0 Å². The third kappa shape index (κ3) is 3.64. The zero-order chi connectivity index (χ0) is 12.1. The van der Waals surface area contributed by atoms with Crippen LogP contribution in [0, 0.1) is 5.92 Å². The van der Waals surface area contributed by atoms with Crippen molar-refractivity contribution in [2.45, 2.75) is 39.7 Å². The Hall–Kier alpha value is -0.680. The van der Waals surface area contributed by atoms with E-state index in [0.29, 0.717) is 0 Å². The molecule has 1 aromatic heterocycles. The van der Waals surface area contributed by atoms with E-state index in [1.54, 1.807) is 11.3 Å². The molecule has 0 saturated carbocycles. The quantitative estimate of drug-likeness (QED) is 0.877. The average Bonchev–Trinajstić information content (AvgIpc) is 2.77. The van der Waals surface area contributed by atoms with E-state index in [1.165, 1.54) is 32.4 Å². The number of anilines is 1. The van der Waals surface area contributed by atoms with E-state index in [4.69, 9.17) is 0 Å². The fourth-order valence-corrected chi connectivity index (χ4v) is 3.21. The van der Waals surface area contributed by atoms with Crippen molar-refractivity contribution in [1.29, 1.82) is 0 Å². The van der Waals surface area contributed by atoms with Crippen molar-refractivity contribution in [2.24, 2.45) is 5.92 Å². The molecular formula is C12H22N4S. The van der Waals surface area contributed by atoms with Gasteiger partial charge in [-0.2, -0.15) is 0 Å². The highest BCUT2D eigenvalue weighted by Crippen LogP contribution is 2.22. The van der Waals surface area contributed by atoms with Crippen LogP contribution in [-0.2, 0) is 6.54 Å². The molecule has 1 unspecified atom stereocenters. The van der Waals surface area contributed by atoms with Crippen LogP contribution in [0.2, 0.25) is 0 Å². The Balaban J connectivity index is 1.86. The lowest BCUT2D eigenvalue weighted by Crippen LogP contribution is -2.34. The first-order valence-corrected chi connectivity index (χ1v) is 7.42. The number of likely N-dealkylation sites (tertiary alicyclic amines) is 1. The van der Waals surface area contributed by atoms with Gasteiger partial charge in [-0.1, -0.05) is 24.7 Å². The number of hydrogen-bond acceptors (Lipinski definition) is 5. The van der Waals surface area contributed by atoms with Crippen LogP contribution in [0.5, 0.6) is 0 Å². The minimum atomic E-state index is 0.880. The molecule has 0 amide bonds. The second-order valence-electron chi connectivity index (χ2n) is 4.68. The topological polar surface area (TPSA) is 41.1 Å². The lowest BCUT2D eigenvalue weighted by Gasteiger charge is -2.31. The minimum Gasteiger partial charge on any atom is -0.360 e. The van der Waals surface area contributed by atoms with E-state index in [2.05, 4.69) is 34.3 Å². The van der Waals surface area contributed by atoms with Crippen LogP contribution in [-0.4, -0.2) is 34.7 Å². The zero-order valence-corrected chi connectivity index (χ0v) is 11.6. The van der Waals surface area contributed by atoms with Gasteiger partial charge in [-0.3, -0.25) is 4.90 Å². The summed E-state index contributed by atoms with van der Waals surface area (Å²) in [6, 6.07) is 0. The normalized spacial score (nSPS) is 21.6. The maximum Gasteiger partial charge on any atom is 0.205 e. The second kappa shape index (κ2) is 6.31. The van der Waals surface area contributed by atoms with Gasteiger partial charge in [-0.05, 0) is 32.2 Å². The van der Waals surface area contributed by atoms with E-state index in [-0.39, 0.29) is 0 Å². The number of nitrogens with one attached hydrogen (secondary N) is 1. The van der Waals surface area contributed by atoms with Crippen molar-refractivity contribution in [2.75, 3.05) is 25.0 Å². The molecule has 0 radical (unpaired) electrons. The van der Waals surface area contributed by atoms with Crippen LogP contribution in [0.4, 0.5) is 5.13 Å². The van der Waals surface area contributed by atoms with Gasteiger partial charge in [-0.15, -0.1) is 10.2 Å². The summed E-state index contributed by atoms with van der Waals surface area (Å²) in [4.78, 5) is 2.52. The fourth-order valence-electron chi connectivity index (χ4n) is 2.36. The molecule has 1 aliphatic heterocycles. The average molecular weight is 254 g/mol. The van der Waals surface area contributed by atoms with Gasteiger partial charge in [0, 0.05) is 13.1 Å². The molecule has 0 spiro atoms. The summed E-state index contributed by atoms with van der Waals surface area (Å²) in [7, 11) is 0. The van der Waals surface area contributed by atoms with Crippen LogP contribution < -0.4 is 5.32 Å². The maximum atomic E-state index is 4.24. The highest BCUT2D eigenvalue weighted by Gasteiger charge is 2.19. The highest BCUT2D eigenvalue weighted by atomic mass is 32.1. The molecule has 1 N–H and O–H groups in total.